The van der Waals surface area contributed by atoms with Crippen LogP contribution in [0.15, 0.2) is 0 Å². The molecule has 0 aromatic rings. The Hall–Kier alpha value is -1.13. The maximum absolute atomic E-state index is 14.0. The number of nitrogens with zero attached hydrogens (tertiary/aromatic N) is 2. The van der Waals surface area contributed by atoms with E-state index < -0.39 is 11.6 Å². The molecular formula is C9H15FN2O2. The van der Waals surface area contributed by atoms with Crippen LogP contribution in [0.5, 0.6) is 0 Å². The van der Waals surface area contributed by atoms with Crippen LogP contribution in [0.3, 0.4) is 0 Å². The Morgan fingerprint density at radius 3 is 2.36 bits per heavy atom. The summed E-state index contributed by atoms with van der Waals surface area (Å²) < 4.78 is 14.0. The number of rotatable bonds is 1. The van der Waals surface area contributed by atoms with Crippen LogP contribution in [0.25, 0.3) is 0 Å². The molecule has 0 N–H and O–H groups in total. The highest BCUT2D eigenvalue weighted by molar-refractivity contribution is 5.86. The molecule has 0 aliphatic carbocycles. The van der Waals surface area contributed by atoms with Gasteiger partial charge in [0.25, 0.3) is 5.91 Å². The van der Waals surface area contributed by atoms with E-state index in [9.17, 15) is 14.0 Å². The van der Waals surface area contributed by atoms with Gasteiger partial charge in [-0.15, -0.1) is 0 Å². The fourth-order valence-corrected chi connectivity index (χ4v) is 1.62. The van der Waals surface area contributed by atoms with Crippen molar-refractivity contribution in [1.82, 2.24) is 9.80 Å². The number of carbonyl (C=O) groups is 2. The maximum Gasteiger partial charge on any atom is 0.261 e. The Bertz CT molecular complexity index is 268. The molecule has 0 aromatic heterocycles. The van der Waals surface area contributed by atoms with Crippen molar-refractivity contribution in [2.24, 2.45) is 0 Å². The molecular weight excluding hydrogens is 187 g/mol. The minimum absolute atomic E-state index is 0.101. The predicted molar refractivity (Wildman–Crippen MR) is 49.4 cm³/mol. The van der Waals surface area contributed by atoms with Crippen LogP contribution in [-0.4, -0.2) is 54.5 Å². The molecule has 1 aliphatic heterocycles. The van der Waals surface area contributed by atoms with Gasteiger partial charge in [-0.05, 0) is 0 Å². The largest absolute Gasteiger partial charge is 0.346 e. The molecule has 14 heavy (non-hydrogen) atoms. The van der Waals surface area contributed by atoms with Crippen molar-refractivity contribution < 1.29 is 14.0 Å². The van der Waals surface area contributed by atoms with Crippen LogP contribution in [0.2, 0.25) is 0 Å². The number of amides is 2. The zero-order chi connectivity index (χ0) is 10.9. The molecule has 80 valence electrons. The third-order valence-electron chi connectivity index (χ3n) is 2.45. The molecule has 5 heteroatoms. The minimum Gasteiger partial charge on any atom is -0.346 e. The molecule has 0 radical (unpaired) electrons. The smallest absolute Gasteiger partial charge is 0.261 e. The quantitative estimate of drug-likeness (QED) is 0.602. The predicted octanol–water partition coefficient (Wildman–Crippen LogP) is 0.0351. The summed E-state index contributed by atoms with van der Waals surface area (Å²) in [4.78, 5) is 25.0. The number of alkyl halides is 1. The van der Waals surface area contributed by atoms with E-state index in [-0.39, 0.29) is 18.9 Å². The van der Waals surface area contributed by atoms with E-state index in [2.05, 4.69) is 0 Å². The summed E-state index contributed by atoms with van der Waals surface area (Å²) in [5.41, 5.74) is -1.88. The van der Waals surface area contributed by atoms with Crippen LogP contribution in [-0.2, 0) is 9.59 Å². The maximum atomic E-state index is 14.0. The highest BCUT2D eigenvalue weighted by Crippen LogP contribution is 2.27. The summed E-state index contributed by atoms with van der Waals surface area (Å²) in [6, 6.07) is 0. The van der Waals surface area contributed by atoms with Gasteiger partial charge in [0.1, 0.15) is 0 Å². The first-order chi connectivity index (χ1) is 6.37. The van der Waals surface area contributed by atoms with Crippen LogP contribution < -0.4 is 0 Å². The van der Waals surface area contributed by atoms with E-state index in [4.69, 9.17) is 0 Å². The number of likely N-dealkylation sites (tertiary alicyclic amines) is 1. The highest BCUT2D eigenvalue weighted by atomic mass is 19.1. The summed E-state index contributed by atoms with van der Waals surface area (Å²) in [7, 11) is 3.03. The van der Waals surface area contributed by atoms with Gasteiger partial charge >= 0.3 is 0 Å². The molecule has 0 aromatic carbocycles. The van der Waals surface area contributed by atoms with E-state index in [1.807, 2.05) is 0 Å². The molecule has 1 saturated heterocycles. The van der Waals surface area contributed by atoms with Gasteiger partial charge in [-0.3, -0.25) is 9.59 Å². The number of hydrogen-bond acceptors (Lipinski definition) is 2. The minimum atomic E-state index is -1.88. The first kappa shape index (κ1) is 10.9. The Balaban J connectivity index is 2.71. The third kappa shape index (κ3) is 1.86. The molecule has 2 amide bonds. The van der Waals surface area contributed by atoms with Crippen LogP contribution >= 0.6 is 0 Å². The van der Waals surface area contributed by atoms with Gasteiger partial charge in [-0.2, -0.15) is 0 Å². The Kier molecular flexibility index (Phi) is 2.78. The molecule has 0 saturated carbocycles. The topological polar surface area (TPSA) is 40.6 Å². The third-order valence-corrected chi connectivity index (χ3v) is 2.45. The molecule has 1 atom stereocenters. The van der Waals surface area contributed by atoms with Crippen LogP contribution in [0.4, 0.5) is 4.39 Å². The van der Waals surface area contributed by atoms with E-state index in [0.29, 0.717) is 6.54 Å². The number of halogens is 1. The summed E-state index contributed by atoms with van der Waals surface area (Å²) >= 11 is 0. The molecule has 1 aliphatic rings. The average molecular weight is 202 g/mol. The molecule has 0 bridgehead atoms. The molecule has 4 nitrogen and oxygen atoms in total. The SMILES string of the molecule is CC(=O)N1CCC(F)(C(=O)N(C)C)C1. The Labute approximate surface area is 82.7 Å². The second-order valence-corrected chi connectivity index (χ2v) is 3.86. The summed E-state index contributed by atoms with van der Waals surface area (Å²) in [5, 5.41) is 0. The van der Waals surface area contributed by atoms with Gasteiger partial charge in [-0.1, -0.05) is 0 Å². The molecule has 1 unspecified atom stereocenters. The lowest BCUT2D eigenvalue weighted by atomic mass is 10.0. The van der Waals surface area contributed by atoms with Gasteiger partial charge in [0.15, 0.2) is 0 Å². The van der Waals surface area contributed by atoms with Crippen molar-refractivity contribution in [2.45, 2.75) is 19.0 Å². The highest BCUT2D eigenvalue weighted by Gasteiger charge is 2.46. The normalized spacial score (nSPS) is 26.4. The lowest BCUT2D eigenvalue weighted by Crippen LogP contribution is -2.45. The van der Waals surface area contributed by atoms with Crippen LogP contribution in [0, 0.1) is 0 Å². The van der Waals surface area contributed by atoms with E-state index in [1.165, 1.54) is 30.8 Å². The fraction of sp³-hybridized carbons (Fsp3) is 0.778. The first-order valence-electron chi connectivity index (χ1n) is 4.53. The van der Waals surface area contributed by atoms with E-state index >= 15 is 0 Å². The Morgan fingerprint density at radius 2 is 2.00 bits per heavy atom. The van der Waals surface area contributed by atoms with Crippen molar-refractivity contribution >= 4 is 11.8 Å². The Morgan fingerprint density at radius 1 is 1.43 bits per heavy atom. The van der Waals surface area contributed by atoms with Crippen LogP contribution in [0.1, 0.15) is 13.3 Å². The summed E-state index contributed by atoms with van der Waals surface area (Å²) in [5.74, 6) is -0.739. The van der Waals surface area contributed by atoms with Gasteiger partial charge in [-0.25, -0.2) is 4.39 Å². The fourth-order valence-electron chi connectivity index (χ4n) is 1.62. The van der Waals surface area contributed by atoms with Crippen molar-refractivity contribution in [3.05, 3.63) is 0 Å². The van der Waals surface area contributed by atoms with Gasteiger partial charge in [0, 0.05) is 34.0 Å². The molecule has 0 spiro atoms. The lowest BCUT2D eigenvalue weighted by Gasteiger charge is -2.22. The standard InChI is InChI=1S/C9H15FN2O2/c1-7(13)12-5-4-9(10,6-12)8(14)11(2)3/h4-6H2,1-3H3. The van der Waals surface area contributed by atoms with Gasteiger partial charge < -0.3 is 9.80 Å². The van der Waals surface area contributed by atoms with E-state index in [1.54, 1.807) is 0 Å². The first-order valence-corrected chi connectivity index (χ1v) is 4.53. The zero-order valence-electron chi connectivity index (χ0n) is 8.71. The van der Waals surface area contributed by atoms with Crippen molar-refractivity contribution in [3.63, 3.8) is 0 Å². The van der Waals surface area contributed by atoms with Gasteiger partial charge in [0.05, 0.1) is 6.54 Å². The summed E-state index contributed by atoms with van der Waals surface area (Å²) in [6.45, 7) is 1.59. The van der Waals surface area contributed by atoms with E-state index in [0.717, 1.165) is 0 Å². The second kappa shape index (κ2) is 3.55. The summed E-state index contributed by atoms with van der Waals surface area (Å²) in [6.07, 6.45) is 0.101. The zero-order valence-corrected chi connectivity index (χ0v) is 8.71. The van der Waals surface area contributed by atoms with Crippen molar-refractivity contribution in [2.75, 3.05) is 27.2 Å². The number of carbonyl (C=O) groups excluding carboxylic acids is 2. The monoisotopic (exact) mass is 202 g/mol. The van der Waals surface area contributed by atoms with Crippen molar-refractivity contribution in [3.8, 4) is 0 Å². The van der Waals surface area contributed by atoms with Gasteiger partial charge in [0.2, 0.25) is 11.6 Å². The van der Waals surface area contributed by atoms with Crippen molar-refractivity contribution in [1.29, 1.82) is 0 Å². The number of hydrogen-bond donors (Lipinski definition) is 0. The molecule has 1 rings (SSSR count). The second-order valence-electron chi connectivity index (χ2n) is 3.86. The average Bonchev–Trinajstić information content (AvgIpc) is 2.48. The molecule has 1 fully saturated rings. The molecule has 1 heterocycles. The lowest BCUT2D eigenvalue weighted by molar-refractivity contribution is -0.141.